The number of aryl methyl sites for hydroxylation is 1. The first kappa shape index (κ1) is 13.1. The predicted molar refractivity (Wildman–Crippen MR) is 83.8 cm³/mol. The topological polar surface area (TPSA) is 45.5 Å². The van der Waals surface area contributed by atoms with Crippen molar-refractivity contribution < 1.29 is 0 Å². The third-order valence-electron chi connectivity index (χ3n) is 5.10. The summed E-state index contributed by atoms with van der Waals surface area (Å²) in [4.78, 5) is 6.99. The average Bonchev–Trinajstić information content (AvgIpc) is 2.96. The molecular formula is C16H23N5. The van der Waals surface area contributed by atoms with E-state index in [0.29, 0.717) is 0 Å². The van der Waals surface area contributed by atoms with Crippen molar-refractivity contribution in [2.75, 3.05) is 24.5 Å². The Morgan fingerprint density at radius 2 is 2.05 bits per heavy atom. The molecule has 5 heteroatoms. The van der Waals surface area contributed by atoms with Gasteiger partial charge in [-0.3, -0.25) is 0 Å². The van der Waals surface area contributed by atoms with Crippen LogP contribution in [-0.4, -0.2) is 39.8 Å². The summed E-state index contributed by atoms with van der Waals surface area (Å²) in [5.41, 5.74) is 2.48. The monoisotopic (exact) mass is 285 g/mol. The van der Waals surface area contributed by atoms with E-state index in [1.807, 2.05) is 4.52 Å². The van der Waals surface area contributed by atoms with Gasteiger partial charge in [0.05, 0.1) is 5.54 Å². The Morgan fingerprint density at radius 3 is 2.90 bits per heavy atom. The zero-order valence-electron chi connectivity index (χ0n) is 12.7. The van der Waals surface area contributed by atoms with Gasteiger partial charge in [0, 0.05) is 19.6 Å². The minimum absolute atomic E-state index is 0.267. The van der Waals surface area contributed by atoms with Gasteiger partial charge in [0.15, 0.2) is 5.65 Å². The van der Waals surface area contributed by atoms with Crippen LogP contribution in [0.5, 0.6) is 0 Å². The number of nitrogens with zero attached hydrogens (tertiary/aromatic N) is 4. The molecule has 4 rings (SSSR count). The first-order valence-corrected chi connectivity index (χ1v) is 8.07. The lowest BCUT2D eigenvalue weighted by Gasteiger charge is -2.50. The number of nitrogens with one attached hydrogen (secondary N) is 1. The maximum absolute atomic E-state index is 4.46. The molecule has 0 unspecified atom stereocenters. The molecule has 1 N–H and O–H groups in total. The summed E-state index contributed by atoms with van der Waals surface area (Å²) in [6, 6.07) is 4.37. The molecule has 1 aliphatic heterocycles. The Morgan fingerprint density at radius 1 is 1.19 bits per heavy atom. The molecule has 0 aromatic carbocycles. The van der Waals surface area contributed by atoms with Crippen molar-refractivity contribution in [3.8, 4) is 0 Å². The molecule has 1 spiro atoms. The van der Waals surface area contributed by atoms with Gasteiger partial charge in [0.1, 0.15) is 12.1 Å². The van der Waals surface area contributed by atoms with Crippen molar-refractivity contribution >= 4 is 11.5 Å². The standard InChI is InChI=1S/C16H23N5/c1-13-9-14-18-12-19-21(14)15(10-13)20-8-7-17-11-16(20)5-3-2-4-6-16/h9-10,12,17H,2-8,11H2,1H3. The lowest BCUT2D eigenvalue weighted by atomic mass is 9.79. The highest BCUT2D eigenvalue weighted by molar-refractivity contribution is 5.55. The quantitative estimate of drug-likeness (QED) is 0.872. The van der Waals surface area contributed by atoms with E-state index < -0.39 is 0 Å². The lowest BCUT2D eigenvalue weighted by Crippen LogP contribution is -2.62. The molecule has 2 fully saturated rings. The molecular weight excluding hydrogens is 262 g/mol. The van der Waals surface area contributed by atoms with E-state index in [-0.39, 0.29) is 5.54 Å². The molecule has 1 aliphatic carbocycles. The molecule has 5 nitrogen and oxygen atoms in total. The summed E-state index contributed by atoms with van der Waals surface area (Å²) in [6.07, 6.45) is 8.28. The SMILES string of the molecule is Cc1cc(N2CCNCC23CCCCC3)n2ncnc2c1. The summed E-state index contributed by atoms with van der Waals surface area (Å²) in [7, 11) is 0. The minimum Gasteiger partial charge on any atom is -0.348 e. The van der Waals surface area contributed by atoms with E-state index in [1.165, 1.54) is 43.5 Å². The minimum atomic E-state index is 0.267. The fourth-order valence-corrected chi connectivity index (χ4v) is 4.09. The predicted octanol–water partition coefficient (Wildman–Crippen LogP) is 2.15. The van der Waals surface area contributed by atoms with Crippen LogP contribution in [0.15, 0.2) is 18.5 Å². The Kier molecular flexibility index (Phi) is 3.10. The maximum Gasteiger partial charge on any atom is 0.157 e. The Bertz CT molecular complexity index is 633. The molecule has 2 aliphatic rings. The number of piperazine rings is 1. The van der Waals surface area contributed by atoms with Crippen LogP contribution in [0.2, 0.25) is 0 Å². The van der Waals surface area contributed by atoms with Crippen molar-refractivity contribution in [2.45, 2.75) is 44.6 Å². The second-order valence-corrected chi connectivity index (χ2v) is 6.53. The van der Waals surface area contributed by atoms with Crippen molar-refractivity contribution in [3.63, 3.8) is 0 Å². The van der Waals surface area contributed by atoms with Crippen LogP contribution >= 0.6 is 0 Å². The van der Waals surface area contributed by atoms with Crippen LogP contribution in [0.4, 0.5) is 5.82 Å². The molecule has 0 radical (unpaired) electrons. The number of aromatic nitrogens is 3. The van der Waals surface area contributed by atoms with E-state index >= 15 is 0 Å². The molecule has 0 atom stereocenters. The molecule has 2 aromatic heterocycles. The smallest absolute Gasteiger partial charge is 0.157 e. The number of pyridine rings is 1. The van der Waals surface area contributed by atoms with E-state index in [0.717, 1.165) is 25.3 Å². The third-order valence-corrected chi connectivity index (χ3v) is 5.10. The highest BCUT2D eigenvalue weighted by atomic mass is 15.4. The van der Waals surface area contributed by atoms with Gasteiger partial charge in [-0.15, -0.1) is 0 Å². The lowest BCUT2D eigenvalue weighted by molar-refractivity contribution is 0.239. The second kappa shape index (κ2) is 4.98. The molecule has 1 saturated carbocycles. The largest absolute Gasteiger partial charge is 0.348 e. The molecule has 1 saturated heterocycles. The Balaban J connectivity index is 1.83. The second-order valence-electron chi connectivity index (χ2n) is 6.53. The van der Waals surface area contributed by atoms with E-state index in [2.05, 4.69) is 39.4 Å². The van der Waals surface area contributed by atoms with Crippen LogP contribution in [0.3, 0.4) is 0 Å². The summed E-state index contributed by atoms with van der Waals surface area (Å²) in [5, 5.41) is 8.07. The number of rotatable bonds is 1. The van der Waals surface area contributed by atoms with Crippen LogP contribution in [0, 0.1) is 6.92 Å². The van der Waals surface area contributed by atoms with Crippen molar-refractivity contribution in [1.29, 1.82) is 0 Å². The first-order chi connectivity index (χ1) is 10.3. The van der Waals surface area contributed by atoms with Gasteiger partial charge in [-0.2, -0.15) is 9.61 Å². The van der Waals surface area contributed by atoms with Crippen molar-refractivity contribution in [1.82, 2.24) is 19.9 Å². The van der Waals surface area contributed by atoms with Crippen molar-refractivity contribution in [2.24, 2.45) is 0 Å². The van der Waals surface area contributed by atoms with Gasteiger partial charge in [-0.05, 0) is 37.5 Å². The van der Waals surface area contributed by atoms with Crippen molar-refractivity contribution in [3.05, 3.63) is 24.0 Å². The molecule has 0 amide bonds. The van der Waals surface area contributed by atoms with Crippen LogP contribution in [0.25, 0.3) is 5.65 Å². The van der Waals surface area contributed by atoms with Crippen LogP contribution in [-0.2, 0) is 0 Å². The maximum atomic E-state index is 4.46. The molecule has 3 heterocycles. The van der Waals surface area contributed by atoms with Gasteiger partial charge in [-0.25, -0.2) is 4.98 Å². The van der Waals surface area contributed by atoms with Gasteiger partial charge < -0.3 is 10.2 Å². The zero-order valence-corrected chi connectivity index (χ0v) is 12.7. The highest BCUT2D eigenvalue weighted by Crippen LogP contribution is 2.37. The van der Waals surface area contributed by atoms with Crippen LogP contribution < -0.4 is 10.2 Å². The van der Waals surface area contributed by atoms with E-state index in [4.69, 9.17) is 0 Å². The Labute approximate surface area is 125 Å². The molecule has 21 heavy (non-hydrogen) atoms. The normalized spacial score (nSPS) is 22.0. The zero-order chi connectivity index (χ0) is 14.3. The molecule has 112 valence electrons. The van der Waals surface area contributed by atoms with Gasteiger partial charge in [0.2, 0.25) is 0 Å². The van der Waals surface area contributed by atoms with Gasteiger partial charge in [-0.1, -0.05) is 19.3 Å². The summed E-state index contributed by atoms with van der Waals surface area (Å²) < 4.78 is 2.01. The third kappa shape index (κ3) is 2.11. The summed E-state index contributed by atoms with van der Waals surface area (Å²) in [6.45, 7) is 5.34. The number of anilines is 1. The molecule has 2 aromatic rings. The van der Waals surface area contributed by atoms with Crippen LogP contribution in [0.1, 0.15) is 37.7 Å². The average molecular weight is 285 g/mol. The highest BCUT2D eigenvalue weighted by Gasteiger charge is 2.40. The van der Waals surface area contributed by atoms with Gasteiger partial charge in [0.25, 0.3) is 0 Å². The summed E-state index contributed by atoms with van der Waals surface area (Å²) >= 11 is 0. The number of hydrogen-bond donors (Lipinski definition) is 1. The fourth-order valence-electron chi connectivity index (χ4n) is 4.09. The van der Waals surface area contributed by atoms with E-state index in [9.17, 15) is 0 Å². The number of fused-ring (bicyclic) bond motifs is 1. The summed E-state index contributed by atoms with van der Waals surface area (Å²) in [5.74, 6) is 1.21. The number of hydrogen-bond acceptors (Lipinski definition) is 4. The fraction of sp³-hybridized carbons (Fsp3) is 0.625. The molecule has 0 bridgehead atoms. The van der Waals surface area contributed by atoms with Gasteiger partial charge >= 0.3 is 0 Å². The first-order valence-electron chi connectivity index (χ1n) is 8.07. The Hall–Kier alpha value is -1.62. The van der Waals surface area contributed by atoms with E-state index in [1.54, 1.807) is 6.33 Å².